The maximum atomic E-state index is 5.77. The number of rotatable bonds is 6. The standard InChI is InChI=1S/C11H14BrClO3/c1-3-15-7-16-11-9(12)4-8(6-13)5-10(11)14-2/h4-5H,3,6-7H2,1-2H3. The highest BCUT2D eigenvalue weighted by molar-refractivity contribution is 9.10. The molecule has 16 heavy (non-hydrogen) atoms. The Balaban J connectivity index is 2.88. The van der Waals surface area contributed by atoms with E-state index < -0.39 is 0 Å². The fraction of sp³-hybridized carbons (Fsp3) is 0.455. The van der Waals surface area contributed by atoms with Gasteiger partial charge in [0, 0.05) is 12.5 Å². The minimum atomic E-state index is 0.200. The monoisotopic (exact) mass is 308 g/mol. The predicted molar refractivity (Wildman–Crippen MR) is 67.4 cm³/mol. The van der Waals surface area contributed by atoms with Gasteiger partial charge in [-0.1, -0.05) is 0 Å². The van der Waals surface area contributed by atoms with Crippen molar-refractivity contribution in [3.63, 3.8) is 0 Å². The topological polar surface area (TPSA) is 27.7 Å². The Bertz CT molecular complexity index is 344. The molecule has 0 atom stereocenters. The number of ether oxygens (including phenoxy) is 3. The second kappa shape index (κ2) is 6.99. The van der Waals surface area contributed by atoms with Crippen LogP contribution in [-0.2, 0) is 10.6 Å². The van der Waals surface area contributed by atoms with Crippen molar-refractivity contribution in [1.29, 1.82) is 0 Å². The van der Waals surface area contributed by atoms with Crippen molar-refractivity contribution in [1.82, 2.24) is 0 Å². The van der Waals surface area contributed by atoms with Gasteiger partial charge in [-0.25, -0.2) is 0 Å². The van der Waals surface area contributed by atoms with Gasteiger partial charge in [-0.2, -0.15) is 0 Å². The molecule has 1 aromatic rings. The molecule has 0 unspecified atom stereocenters. The maximum Gasteiger partial charge on any atom is 0.189 e. The molecule has 0 spiro atoms. The van der Waals surface area contributed by atoms with E-state index in [1.165, 1.54) is 0 Å². The molecule has 5 heteroatoms. The lowest BCUT2D eigenvalue weighted by molar-refractivity contribution is 0.0204. The summed E-state index contributed by atoms with van der Waals surface area (Å²) in [6.45, 7) is 2.72. The van der Waals surface area contributed by atoms with Gasteiger partial charge in [0.25, 0.3) is 0 Å². The van der Waals surface area contributed by atoms with Gasteiger partial charge in [0.1, 0.15) is 0 Å². The molecule has 0 heterocycles. The summed E-state index contributed by atoms with van der Waals surface area (Å²) in [6, 6.07) is 3.75. The van der Waals surface area contributed by atoms with Crippen molar-refractivity contribution in [2.45, 2.75) is 12.8 Å². The maximum absolute atomic E-state index is 5.77. The quantitative estimate of drug-likeness (QED) is 0.457. The van der Waals surface area contributed by atoms with Gasteiger partial charge in [0.15, 0.2) is 18.3 Å². The van der Waals surface area contributed by atoms with Crippen LogP contribution in [-0.4, -0.2) is 20.5 Å². The van der Waals surface area contributed by atoms with Crippen LogP contribution in [0.1, 0.15) is 12.5 Å². The molecule has 0 aliphatic carbocycles. The summed E-state index contributed by atoms with van der Waals surface area (Å²) in [6.07, 6.45) is 0. The predicted octanol–water partition coefficient (Wildman–Crippen LogP) is 3.57. The average Bonchev–Trinajstić information content (AvgIpc) is 2.30. The second-order valence-electron chi connectivity index (χ2n) is 3.00. The van der Waals surface area contributed by atoms with Crippen molar-refractivity contribution < 1.29 is 14.2 Å². The Hall–Kier alpha value is -0.450. The van der Waals surface area contributed by atoms with Crippen molar-refractivity contribution in [3.05, 3.63) is 22.2 Å². The fourth-order valence-electron chi connectivity index (χ4n) is 1.17. The van der Waals surface area contributed by atoms with E-state index in [1.807, 2.05) is 19.1 Å². The van der Waals surface area contributed by atoms with E-state index in [4.69, 9.17) is 25.8 Å². The zero-order valence-corrected chi connectivity index (χ0v) is 11.6. The summed E-state index contributed by atoms with van der Waals surface area (Å²) in [4.78, 5) is 0. The Morgan fingerprint density at radius 3 is 2.69 bits per heavy atom. The minimum absolute atomic E-state index is 0.200. The number of halogens is 2. The first-order valence-corrected chi connectivity index (χ1v) is 6.18. The Morgan fingerprint density at radius 2 is 2.12 bits per heavy atom. The molecule has 0 saturated heterocycles. The number of hydrogen-bond donors (Lipinski definition) is 0. The first kappa shape index (κ1) is 13.6. The molecule has 0 amide bonds. The largest absolute Gasteiger partial charge is 0.493 e. The molecule has 0 fully saturated rings. The first-order chi connectivity index (χ1) is 7.72. The number of hydrogen-bond acceptors (Lipinski definition) is 3. The van der Waals surface area contributed by atoms with Gasteiger partial charge in [-0.05, 0) is 40.5 Å². The fourth-order valence-corrected chi connectivity index (χ4v) is 1.93. The summed E-state index contributed by atoms with van der Waals surface area (Å²) in [5, 5.41) is 0. The summed E-state index contributed by atoms with van der Waals surface area (Å²) in [5.74, 6) is 1.70. The molecule has 0 aliphatic heterocycles. The average molecular weight is 310 g/mol. The van der Waals surface area contributed by atoms with E-state index in [-0.39, 0.29) is 6.79 Å². The van der Waals surface area contributed by atoms with Crippen LogP contribution in [0.2, 0.25) is 0 Å². The first-order valence-electron chi connectivity index (χ1n) is 4.85. The summed E-state index contributed by atoms with van der Waals surface area (Å²) >= 11 is 9.18. The Labute approximate surface area is 109 Å². The molecule has 0 saturated carbocycles. The van der Waals surface area contributed by atoms with Crippen LogP contribution in [0, 0.1) is 0 Å². The number of benzene rings is 1. The van der Waals surface area contributed by atoms with Crippen molar-refractivity contribution in [3.8, 4) is 11.5 Å². The van der Waals surface area contributed by atoms with Gasteiger partial charge in [-0.3, -0.25) is 0 Å². The third-order valence-corrected chi connectivity index (χ3v) is 2.83. The normalized spacial score (nSPS) is 10.2. The molecule has 0 aliphatic rings. The van der Waals surface area contributed by atoms with Crippen LogP contribution in [0.4, 0.5) is 0 Å². The third kappa shape index (κ3) is 3.54. The smallest absolute Gasteiger partial charge is 0.189 e. The highest BCUT2D eigenvalue weighted by Gasteiger charge is 2.11. The molecule has 90 valence electrons. The molecule has 1 rings (SSSR count). The van der Waals surface area contributed by atoms with Crippen LogP contribution in [0.15, 0.2) is 16.6 Å². The highest BCUT2D eigenvalue weighted by Crippen LogP contribution is 2.36. The zero-order valence-electron chi connectivity index (χ0n) is 9.26. The molecule has 0 radical (unpaired) electrons. The minimum Gasteiger partial charge on any atom is -0.493 e. The van der Waals surface area contributed by atoms with Crippen LogP contribution >= 0.6 is 27.5 Å². The molecule has 0 aromatic heterocycles. The van der Waals surface area contributed by atoms with Crippen molar-refractivity contribution in [2.24, 2.45) is 0 Å². The number of methoxy groups -OCH3 is 1. The molecule has 1 aromatic carbocycles. The lowest BCUT2D eigenvalue weighted by Gasteiger charge is -2.13. The zero-order chi connectivity index (χ0) is 12.0. The summed E-state index contributed by atoms with van der Waals surface area (Å²) < 4.78 is 16.6. The van der Waals surface area contributed by atoms with Crippen LogP contribution < -0.4 is 9.47 Å². The Kier molecular flexibility index (Phi) is 5.95. The highest BCUT2D eigenvalue weighted by atomic mass is 79.9. The van der Waals surface area contributed by atoms with E-state index in [2.05, 4.69) is 15.9 Å². The van der Waals surface area contributed by atoms with Crippen molar-refractivity contribution in [2.75, 3.05) is 20.5 Å². The van der Waals surface area contributed by atoms with Crippen LogP contribution in [0.25, 0.3) is 0 Å². The molecule has 0 bridgehead atoms. The lowest BCUT2D eigenvalue weighted by atomic mass is 10.2. The van der Waals surface area contributed by atoms with Gasteiger partial charge < -0.3 is 14.2 Å². The van der Waals surface area contributed by atoms with Crippen LogP contribution in [0.5, 0.6) is 11.5 Å². The van der Waals surface area contributed by atoms with E-state index >= 15 is 0 Å². The SMILES string of the molecule is CCOCOc1c(Br)cc(CCl)cc1OC. The molecule has 0 N–H and O–H groups in total. The van der Waals surface area contributed by atoms with Gasteiger partial charge in [0.2, 0.25) is 0 Å². The van der Waals surface area contributed by atoms with E-state index in [9.17, 15) is 0 Å². The van der Waals surface area contributed by atoms with E-state index in [0.717, 1.165) is 10.0 Å². The lowest BCUT2D eigenvalue weighted by Crippen LogP contribution is -2.04. The summed E-state index contributed by atoms with van der Waals surface area (Å²) in [7, 11) is 1.59. The van der Waals surface area contributed by atoms with Gasteiger partial charge in [-0.15, -0.1) is 11.6 Å². The molecular weight excluding hydrogens is 295 g/mol. The second-order valence-corrected chi connectivity index (χ2v) is 4.12. The molecular formula is C11H14BrClO3. The Morgan fingerprint density at radius 1 is 1.38 bits per heavy atom. The number of alkyl halides is 1. The van der Waals surface area contributed by atoms with Crippen molar-refractivity contribution >= 4 is 27.5 Å². The van der Waals surface area contributed by atoms with E-state index in [1.54, 1.807) is 7.11 Å². The van der Waals surface area contributed by atoms with Gasteiger partial charge >= 0.3 is 0 Å². The van der Waals surface area contributed by atoms with Crippen LogP contribution in [0.3, 0.4) is 0 Å². The third-order valence-electron chi connectivity index (χ3n) is 1.93. The van der Waals surface area contributed by atoms with Gasteiger partial charge in [0.05, 0.1) is 11.6 Å². The molecule has 3 nitrogen and oxygen atoms in total. The summed E-state index contributed by atoms with van der Waals surface area (Å²) in [5.41, 5.74) is 0.967. The van der Waals surface area contributed by atoms with E-state index in [0.29, 0.717) is 24.0 Å².